The Morgan fingerprint density at radius 2 is 1.81 bits per heavy atom. The Labute approximate surface area is 181 Å². The van der Waals surface area contributed by atoms with E-state index in [1.54, 1.807) is 20.2 Å². The maximum absolute atomic E-state index is 13.5. The Hall–Kier alpha value is -3.26. The van der Waals surface area contributed by atoms with E-state index in [0.29, 0.717) is 12.1 Å². The van der Waals surface area contributed by atoms with Crippen LogP contribution < -0.4 is 10.6 Å². The van der Waals surface area contributed by atoms with Crippen LogP contribution in [-0.4, -0.2) is 60.2 Å². The second-order valence-electron chi connectivity index (χ2n) is 7.88. The minimum Gasteiger partial charge on any atom is -0.352 e. The molecule has 3 rings (SSSR count). The lowest BCUT2D eigenvalue weighted by molar-refractivity contribution is -0.134. The summed E-state index contributed by atoms with van der Waals surface area (Å²) in [6.07, 6.45) is 0.378. The van der Waals surface area contributed by atoms with Crippen molar-refractivity contribution >= 4 is 23.4 Å². The summed E-state index contributed by atoms with van der Waals surface area (Å²) >= 11 is 0. The molecule has 2 aromatic carbocycles. The third-order valence-corrected chi connectivity index (χ3v) is 5.31. The van der Waals surface area contributed by atoms with Gasteiger partial charge in [0.1, 0.15) is 5.82 Å². The van der Waals surface area contributed by atoms with Gasteiger partial charge in [0.25, 0.3) is 0 Å². The van der Waals surface area contributed by atoms with Crippen molar-refractivity contribution in [3.8, 4) is 0 Å². The van der Waals surface area contributed by atoms with Crippen molar-refractivity contribution in [2.75, 3.05) is 26.0 Å². The first kappa shape index (κ1) is 22.4. The van der Waals surface area contributed by atoms with Crippen molar-refractivity contribution in [1.82, 2.24) is 15.1 Å². The molecule has 1 fully saturated rings. The third kappa shape index (κ3) is 5.46. The molecule has 0 saturated carbocycles. The van der Waals surface area contributed by atoms with Gasteiger partial charge in [-0.2, -0.15) is 0 Å². The summed E-state index contributed by atoms with van der Waals surface area (Å²) in [6.45, 7) is 1.35. The van der Waals surface area contributed by atoms with Crippen molar-refractivity contribution in [2.24, 2.45) is 0 Å². The Kier molecular flexibility index (Phi) is 7.02. The summed E-state index contributed by atoms with van der Waals surface area (Å²) in [6, 6.07) is 13.8. The fourth-order valence-corrected chi connectivity index (χ4v) is 4.08. The SMILES string of the molecule is CC(=O)N[C@H]1C[C@@H](C(=O)N(C)C)N(CC(=O)Nc2cccc(F)c2)[C@H]1c1ccccc1. The van der Waals surface area contributed by atoms with Crippen LogP contribution in [0.1, 0.15) is 24.9 Å². The molecule has 0 radical (unpaired) electrons. The Balaban J connectivity index is 1.92. The predicted molar refractivity (Wildman–Crippen MR) is 116 cm³/mol. The number of carbonyl (C=O) groups excluding carboxylic acids is 3. The van der Waals surface area contributed by atoms with E-state index in [1.807, 2.05) is 35.2 Å². The zero-order chi connectivity index (χ0) is 22.5. The van der Waals surface area contributed by atoms with Gasteiger partial charge in [0.05, 0.1) is 24.7 Å². The molecular weight excluding hydrogens is 399 g/mol. The van der Waals surface area contributed by atoms with Gasteiger partial charge in [-0.3, -0.25) is 19.3 Å². The smallest absolute Gasteiger partial charge is 0.239 e. The van der Waals surface area contributed by atoms with E-state index in [9.17, 15) is 18.8 Å². The van der Waals surface area contributed by atoms with Crippen molar-refractivity contribution in [2.45, 2.75) is 31.5 Å². The predicted octanol–water partition coefficient (Wildman–Crippen LogP) is 2.17. The summed E-state index contributed by atoms with van der Waals surface area (Å²) in [5.41, 5.74) is 1.24. The van der Waals surface area contributed by atoms with Crippen LogP contribution in [-0.2, 0) is 14.4 Å². The van der Waals surface area contributed by atoms with E-state index in [2.05, 4.69) is 10.6 Å². The highest BCUT2D eigenvalue weighted by Crippen LogP contribution is 2.37. The lowest BCUT2D eigenvalue weighted by atomic mass is 9.99. The molecule has 2 N–H and O–H groups in total. The second-order valence-corrected chi connectivity index (χ2v) is 7.88. The summed E-state index contributed by atoms with van der Waals surface area (Å²) < 4.78 is 13.5. The van der Waals surface area contributed by atoms with Crippen LogP contribution >= 0.6 is 0 Å². The summed E-state index contributed by atoms with van der Waals surface area (Å²) in [5, 5.41) is 5.63. The number of anilines is 1. The lowest BCUT2D eigenvalue weighted by Crippen LogP contribution is -2.46. The number of nitrogens with one attached hydrogen (secondary N) is 2. The first-order chi connectivity index (χ1) is 14.8. The molecule has 7 nitrogen and oxygen atoms in total. The van der Waals surface area contributed by atoms with Gasteiger partial charge in [0, 0.05) is 26.7 Å². The fourth-order valence-electron chi connectivity index (χ4n) is 4.08. The molecular formula is C23H27FN4O3. The van der Waals surface area contributed by atoms with E-state index >= 15 is 0 Å². The zero-order valence-corrected chi connectivity index (χ0v) is 17.8. The molecule has 1 aliphatic heterocycles. The first-order valence-corrected chi connectivity index (χ1v) is 10.1. The van der Waals surface area contributed by atoms with Gasteiger partial charge in [0.2, 0.25) is 17.7 Å². The van der Waals surface area contributed by atoms with Gasteiger partial charge < -0.3 is 15.5 Å². The maximum atomic E-state index is 13.5. The molecule has 0 aromatic heterocycles. The van der Waals surface area contributed by atoms with Crippen molar-refractivity contribution in [1.29, 1.82) is 0 Å². The number of rotatable bonds is 6. The summed E-state index contributed by atoms with van der Waals surface area (Å²) in [5.74, 6) is -1.17. The number of nitrogens with zero attached hydrogens (tertiary/aromatic N) is 2. The number of halogens is 1. The molecule has 0 unspecified atom stereocenters. The fraction of sp³-hybridized carbons (Fsp3) is 0.348. The molecule has 2 aromatic rings. The van der Waals surface area contributed by atoms with Crippen LogP contribution in [0.2, 0.25) is 0 Å². The van der Waals surface area contributed by atoms with E-state index < -0.39 is 11.9 Å². The van der Waals surface area contributed by atoms with Gasteiger partial charge in [-0.05, 0) is 30.2 Å². The number of hydrogen-bond donors (Lipinski definition) is 2. The summed E-state index contributed by atoms with van der Waals surface area (Å²) in [7, 11) is 3.33. The van der Waals surface area contributed by atoms with Crippen LogP contribution in [0.5, 0.6) is 0 Å². The van der Waals surface area contributed by atoms with E-state index in [-0.39, 0.29) is 36.3 Å². The molecule has 8 heteroatoms. The molecule has 1 saturated heterocycles. The minimum absolute atomic E-state index is 0.0869. The van der Waals surface area contributed by atoms with Gasteiger partial charge in [-0.15, -0.1) is 0 Å². The standard InChI is InChI=1S/C23H27FN4O3/c1-15(29)25-19-13-20(23(31)27(2)3)28(22(19)16-8-5-4-6-9-16)14-21(30)26-18-11-7-10-17(24)12-18/h4-12,19-20,22H,13-14H2,1-3H3,(H,25,29)(H,26,30)/t19-,20-,22-/m0/s1. The molecule has 1 heterocycles. The molecule has 0 spiro atoms. The topological polar surface area (TPSA) is 81.8 Å². The highest BCUT2D eigenvalue weighted by Gasteiger charge is 2.46. The number of likely N-dealkylation sites (tertiary alicyclic amines) is 1. The van der Waals surface area contributed by atoms with E-state index in [4.69, 9.17) is 0 Å². The van der Waals surface area contributed by atoms with E-state index in [0.717, 1.165) is 5.56 Å². The molecule has 3 amide bonds. The van der Waals surface area contributed by atoms with E-state index in [1.165, 1.54) is 30.0 Å². The minimum atomic E-state index is -0.588. The van der Waals surface area contributed by atoms with Crippen LogP contribution in [0.3, 0.4) is 0 Å². The lowest BCUT2D eigenvalue weighted by Gasteiger charge is -2.31. The average Bonchev–Trinajstić information content (AvgIpc) is 3.04. The van der Waals surface area contributed by atoms with Gasteiger partial charge in [0.15, 0.2) is 0 Å². The van der Waals surface area contributed by atoms with Crippen LogP contribution in [0.15, 0.2) is 54.6 Å². The zero-order valence-electron chi connectivity index (χ0n) is 17.8. The number of likely N-dealkylation sites (N-methyl/N-ethyl adjacent to an activating group) is 1. The molecule has 164 valence electrons. The number of hydrogen-bond acceptors (Lipinski definition) is 4. The van der Waals surface area contributed by atoms with Gasteiger partial charge in [-0.1, -0.05) is 36.4 Å². The average molecular weight is 426 g/mol. The molecule has 3 atom stereocenters. The highest BCUT2D eigenvalue weighted by atomic mass is 19.1. The van der Waals surface area contributed by atoms with Crippen molar-refractivity contribution < 1.29 is 18.8 Å². The largest absolute Gasteiger partial charge is 0.352 e. The Morgan fingerprint density at radius 1 is 1.10 bits per heavy atom. The van der Waals surface area contributed by atoms with Crippen LogP contribution in [0.25, 0.3) is 0 Å². The van der Waals surface area contributed by atoms with Crippen molar-refractivity contribution in [3.05, 3.63) is 66.0 Å². The number of amides is 3. The quantitative estimate of drug-likeness (QED) is 0.742. The highest BCUT2D eigenvalue weighted by molar-refractivity contribution is 5.93. The molecule has 1 aliphatic rings. The summed E-state index contributed by atoms with van der Waals surface area (Å²) in [4.78, 5) is 40.9. The van der Waals surface area contributed by atoms with Crippen LogP contribution in [0, 0.1) is 5.82 Å². The van der Waals surface area contributed by atoms with Crippen molar-refractivity contribution in [3.63, 3.8) is 0 Å². The van der Waals surface area contributed by atoms with Gasteiger partial charge >= 0.3 is 0 Å². The molecule has 31 heavy (non-hydrogen) atoms. The number of carbonyl (C=O) groups is 3. The number of benzene rings is 2. The van der Waals surface area contributed by atoms with Crippen LogP contribution in [0.4, 0.5) is 10.1 Å². The monoisotopic (exact) mass is 426 g/mol. The molecule has 0 bridgehead atoms. The third-order valence-electron chi connectivity index (χ3n) is 5.31. The second kappa shape index (κ2) is 9.70. The maximum Gasteiger partial charge on any atom is 0.239 e. The molecule has 0 aliphatic carbocycles. The first-order valence-electron chi connectivity index (χ1n) is 10.1. The normalized spacial score (nSPS) is 20.8. The Morgan fingerprint density at radius 3 is 2.42 bits per heavy atom. The Bertz CT molecular complexity index is 951. The van der Waals surface area contributed by atoms with Gasteiger partial charge in [-0.25, -0.2) is 4.39 Å².